The Morgan fingerprint density at radius 2 is 1.97 bits per heavy atom. The van der Waals surface area contributed by atoms with Crippen LogP contribution in [0.4, 0.5) is 17.1 Å². The molecule has 1 N–H and O–H groups in total. The van der Waals surface area contributed by atoms with Crippen LogP contribution in [0.15, 0.2) is 36.4 Å². The number of hydrogen-bond donors (Lipinski definition) is 1. The summed E-state index contributed by atoms with van der Waals surface area (Å²) >= 11 is 12.1. The van der Waals surface area contributed by atoms with E-state index in [1.54, 1.807) is 29.2 Å². The Kier molecular flexibility index (Phi) is 6.59. The molecule has 0 atom stereocenters. The minimum absolute atomic E-state index is 0.0490. The number of hydrogen-bond acceptors (Lipinski definition) is 4. The van der Waals surface area contributed by atoms with E-state index in [-0.39, 0.29) is 21.6 Å². The summed E-state index contributed by atoms with van der Waals surface area (Å²) in [5.41, 5.74) is 2.26. The maximum atomic E-state index is 12.6. The Labute approximate surface area is 185 Å². The smallest absolute Gasteiger partial charge is 0.245 e. The van der Waals surface area contributed by atoms with Crippen LogP contribution < -0.4 is 14.5 Å². The molecule has 0 spiro atoms. The number of anilines is 3. The topological polar surface area (TPSA) is 86.8 Å². The third kappa shape index (κ3) is 4.88. The highest BCUT2D eigenvalue weighted by Gasteiger charge is 2.25. The number of amides is 2. The van der Waals surface area contributed by atoms with E-state index in [4.69, 9.17) is 23.2 Å². The van der Waals surface area contributed by atoms with Gasteiger partial charge >= 0.3 is 0 Å². The molecule has 0 aromatic heterocycles. The molecule has 1 fully saturated rings. The van der Waals surface area contributed by atoms with E-state index in [0.717, 1.165) is 28.2 Å². The SMILES string of the molecule is Cc1cc(NC(=O)CN(c2cccc(Cl)c2Cl)S(C)(=O)=O)ccc1N1CCCC1=O. The van der Waals surface area contributed by atoms with Gasteiger partial charge in [-0.1, -0.05) is 29.3 Å². The molecule has 0 unspecified atom stereocenters. The van der Waals surface area contributed by atoms with Gasteiger partial charge in [-0.25, -0.2) is 8.42 Å². The standard InChI is InChI=1S/C20H21Cl2N3O4S/c1-13-11-14(8-9-16(13)24-10-4-7-19(24)27)23-18(26)12-25(30(2,28)29)17-6-3-5-15(21)20(17)22/h3,5-6,8-9,11H,4,7,10,12H2,1-2H3,(H,23,26). The maximum Gasteiger partial charge on any atom is 0.245 e. The van der Waals surface area contributed by atoms with Crippen molar-refractivity contribution in [2.24, 2.45) is 0 Å². The fraction of sp³-hybridized carbons (Fsp3) is 0.300. The van der Waals surface area contributed by atoms with Crippen LogP contribution in [-0.2, 0) is 19.6 Å². The maximum absolute atomic E-state index is 12.6. The molecule has 7 nitrogen and oxygen atoms in total. The van der Waals surface area contributed by atoms with Gasteiger partial charge in [-0.15, -0.1) is 0 Å². The molecule has 2 amide bonds. The quantitative estimate of drug-likeness (QED) is 0.695. The first kappa shape index (κ1) is 22.4. The zero-order chi connectivity index (χ0) is 22.1. The summed E-state index contributed by atoms with van der Waals surface area (Å²) in [6.07, 6.45) is 2.35. The Hall–Kier alpha value is -2.29. The van der Waals surface area contributed by atoms with Gasteiger partial charge < -0.3 is 10.2 Å². The first-order chi connectivity index (χ1) is 14.1. The van der Waals surface area contributed by atoms with Gasteiger partial charge in [0.25, 0.3) is 0 Å². The monoisotopic (exact) mass is 469 g/mol. The van der Waals surface area contributed by atoms with Gasteiger partial charge in [0.1, 0.15) is 6.54 Å². The lowest BCUT2D eigenvalue weighted by Gasteiger charge is -2.23. The number of aryl methyl sites for hydroxylation is 1. The third-order valence-electron chi connectivity index (χ3n) is 4.73. The van der Waals surface area contributed by atoms with Crippen LogP contribution in [-0.4, -0.2) is 39.6 Å². The second kappa shape index (κ2) is 8.83. The van der Waals surface area contributed by atoms with Crippen LogP contribution in [0.5, 0.6) is 0 Å². The summed E-state index contributed by atoms with van der Waals surface area (Å²) in [5, 5.41) is 2.93. The number of carbonyl (C=O) groups is 2. The highest BCUT2D eigenvalue weighted by molar-refractivity contribution is 7.92. The number of nitrogens with zero attached hydrogens (tertiary/aromatic N) is 2. The summed E-state index contributed by atoms with van der Waals surface area (Å²) in [6, 6.07) is 9.77. The second-order valence-corrected chi connectivity index (χ2v) is 9.73. The molecule has 3 rings (SSSR count). The molecule has 10 heteroatoms. The molecule has 1 saturated heterocycles. The fourth-order valence-electron chi connectivity index (χ4n) is 3.34. The predicted octanol–water partition coefficient (Wildman–Crippen LogP) is 3.83. The molecule has 0 radical (unpaired) electrons. The molecule has 2 aromatic rings. The molecule has 1 aliphatic heterocycles. The number of carbonyl (C=O) groups excluding carboxylic acids is 2. The molecular weight excluding hydrogens is 449 g/mol. The minimum atomic E-state index is -3.79. The summed E-state index contributed by atoms with van der Waals surface area (Å²) in [4.78, 5) is 26.3. The largest absolute Gasteiger partial charge is 0.325 e. The molecule has 160 valence electrons. The predicted molar refractivity (Wildman–Crippen MR) is 120 cm³/mol. The zero-order valence-electron chi connectivity index (χ0n) is 16.5. The van der Waals surface area contributed by atoms with E-state index in [0.29, 0.717) is 18.7 Å². The zero-order valence-corrected chi connectivity index (χ0v) is 18.8. The van der Waals surface area contributed by atoms with Crippen molar-refractivity contribution in [1.82, 2.24) is 0 Å². The molecule has 2 aromatic carbocycles. The minimum Gasteiger partial charge on any atom is -0.325 e. The van der Waals surface area contributed by atoms with Gasteiger partial charge in [0, 0.05) is 24.3 Å². The van der Waals surface area contributed by atoms with Gasteiger partial charge in [0.15, 0.2) is 0 Å². The molecule has 0 saturated carbocycles. The van der Waals surface area contributed by atoms with Crippen molar-refractivity contribution in [2.75, 3.05) is 33.9 Å². The van der Waals surface area contributed by atoms with Crippen molar-refractivity contribution in [3.05, 3.63) is 52.0 Å². The van der Waals surface area contributed by atoms with Crippen molar-refractivity contribution in [1.29, 1.82) is 0 Å². The Morgan fingerprint density at radius 1 is 1.23 bits per heavy atom. The lowest BCUT2D eigenvalue weighted by Crippen LogP contribution is -2.37. The van der Waals surface area contributed by atoms with E-state index in [2.05, 4.69) is 5.32 Å². The highest BCUT2D eigenvalue weighted by Crippen LogP contribution is 2.33. The summed E-state index contributed by atoms with van der Waals surface area (Å²) in [5.74, 6) is -0.460. The van der Waals surface area contributed by atoms with Crippen LogP contribution >= 0.6 is 23.2 Å². The molecular formula is C20H21Cl2N3O4S. The third-order valence-corrected chi connectivity index (χ3v) is 6.67. The van der Waals surface area contributed by atoms with Crippen molar-refractivity contribution >= 4 is 62.1 Å². The van der Waals surface area contributed by atoms with Gasteiger partial charge in [0.2, 0.25) is 21.8 Å². The number of sulfonamides is 1. The van der Waals surface area contributed by atoms with E-state index in [1.807, 2.05) is 6.92 Å². The number of halogens is 2. The summed E-state index contributed by atoms with van der Waals surface area (Å²) in [7, 11) is -3.79. The second-order valence-electron chi connectivity index (χ2n) is 7.04. The molecule has 1 heterocycles. The molecule has 30 heavy (non-hydrogen) atoms. The fourth-order valence-corrected chi connectivity index (χ4v) is 4.64. The van der Waals surface area contributed by atoms with E-state index < -0.39 is 22.5 Å². The Morgan fingerprint density at radius 3 is 2.57 bits per heavy atom. The van der Waals surface area contributed by atoms with Crippen LogP contribution in [0, 0.1) is 6.92 Å². The van der Waals surface area contributed by atoms with Crippen molar-refractivity contribution in [2.45, 2.75) is 19.8 Å². The van der Waals surface area contributed by atoms with Gasteiger partial charge in [-0.3, -0.25) is 13.9 Å². The van der Waals surface area contributed by atoms with Crippen LogP contribution in [0.25, 0.3) is 0 Å². The summed E-state index contributed by atoms with van der Waals surface area (Å²) in [6.45, 7) is 2.06. The van der Waals surface area contributed by atoms with Crippen molar-refractivity contribution in [3.63, 3.8) is 0 Å². The van der Waals surface area contributed by atoms with Crippen LogP contribution in [0.1, 0.15) is 18.4 Å². The number of rotatable bonds is 6. The van der Waals surface area contributed by atoms with Crippen molar-refractivity contribution < 1.29 is 18.0 Å². The molecule has 0 aliphatic carbocycles. The normalized spacial score (nSPS) is 14.1. The molecule has 0 bridgehead atoms. The number of benzene rings is 2. The van der Waals surface area contributed by atoms with E-state index >= 15 is 0 Å². The average Bonchev–Trinajstić information content (AvgIpc) is 3.07. The van der Waals surface area contributed by atoms with E-state index in [9.17, 15) is 18.0 Å². The first-order valence-electron chi connectivity index (χ1n) is 9.20. The lowest BCUT2D eigenvalue weighted by molar-refractivity contribution is -0.117. The molecule has 1 aliphatic rings. The summed E-state index contributed by atoms with van der Waals surface area (Å²) < 4.78 is 25.4. The van der Waals surface area contributed by atoms with Gasteiger partial charge in [-0.2, -0.15) is 0 Å². The average molecular weight is 470 g/mol. The first-order valence-corrected chi connectivity index (χ1v) is 11.8. The van der Waals surface area contributed by atoms with E-state index in [1.165, 1.54) is 12.1 Å². The van der Waals surface area contributed by atoms with Gasteiger partial charge in [0.05, 0.1) is 22.0 Å². The van der Waals surface area contributed by atoms with Crippen molar-refractivity contribution in [3.8, 4) is 0 Å². The Bertz CT molecular complexity index is 1110. The Balaban J connectivity index is 1.78. The highest BCUT2D eigenvalue weighted by atomic mass is 35.5. The lowest BCUT2D eigenvalue weighted by atomic mass is 10.1. The van der Waals surface area contributed by atoms with Crippen LogP contribution in [0.2, 0.25) is 10.0 Å². The van der Waals surface area contributed by atoms with Gasteiger partial charge in [-0.05, 0) is 49.2 Å². The van der Waals surface area contributed by atoms with Crippen LogP contribution in [0.3, 0.4) is 0 Å². The number of nitrogens with one attached hydrogen (secondary N) is 1.